The van der Waals surface area contributed by atoms with Crippen LogP contribution in [-0.4, -0.2) is 31.3 Å². The van der Waals surface area contributed by atoms with Crippen LogP contribution in [0.4, 0.5) is 24.8 Å². The molecule has 4 rings (SSSR count). The lowest BCUT2D eigenvalue weighted by Crippen LogP contribution is -2.17. The Morgan fingerprint density at radius 2 is 1.83 bits per heavy atom. The number of imidazole rings is 1. The number of aryl methyl sites for hydroxylation is 2. The normalized spacial score (nSPS) is 11.6. The van der Waals surface area contributed by atoms with Gasteiger partial charge >= 0.3 is 6.36 Å². The zero-order valence-corrected chi connectivity index (χ0v) is 15.4. The second-order valence-electron chi connectivity index (χ2n) is 6.25. The largest absolute Gasteiger partial charge is 0.573 e. The second-order valence-corrected chi connectivity index (χ2v) is 6.25. The van der Waals surface area contributed by atoms with Crippen molar-refractivity contribution in [2.45, 2.75) is 20.2 Å². The van der Waals surface area contributed by atoms with E-state index in [1.807, 2.05) is 6.92 Å². The van der Waals surface area contributed by atoms with Crippen molar-refractivity contribution >= 4 is 22.7 Å². The van der Waals surface area contributed by atoms with Crippen LogP contribution < -0.4 is 10.1 Å². The van der Waals surface area contributed by atoms with Gasteiger partial charge in [-0.2, -0.15) is 0 Å². The average molecular weight is 400 g/mol. The number of hydrogen-bond donors (Lipinski definition) is 2. The molecule has 2 N–H and O–H groups in total. The fourth-order valence-electron chi connectivity index (χ4n) is 2.94. The maximum absolute atomic E-state index is 12.7. The highest BCUT2D eigenvalue weighted by molar-refractivity contribution is 5.90. The fourth-order valence-corrected chi connectivity index (χ4v) is 2.94. The third-order valence-corrected chi connectivity index (χ3v) is 3.98. The summed E-state index contributed by atoms with van der Waals surface area (Å²) in [5, 5.41) is 3.10. The minimum Gasteiger partial charge on any atom is -0.405 e. The highest BCUT2D eigenvalue weighted by Crippen LogP contribution is 2.34. The summed E-state index contributed by atoms with van der Waals surface area (Å²) >= 11 is 0. The van der Waals surface area contributed by atoms with Crippen molar-refractivity contribution < 1.29 is 17.9 Å². The molecule has 0 aliphatic heterocycles. The molecule has 1 aromatic carbocycles. The molecule has 0 aliphatic rings. The van der Waals surface area contributed by atoms with E-state index in [0.29, 0.717) is 28.5 Å². The van der Waals surface area contributed by atoms with E-state index in [-0.39, 0.29) is 17.1 Å². The SMILES string of the molecule is Cc1cc(Nc2nccc3nc(-c4ccccc4OC(F)(F)F)[nH]c23)nc(C)n1. The van der Waals surface area contributed by atoms with Crippen LogP contribution >= 0.6 is 0 Å². The summed E-state index contributed by atoms with van der Waals surface area (Å²) in [6, 6.07) is 9.22. The van der Waals surface area contributed by atoms with Crippen LogP contribution in [0.1, 0.15) is 11.5 Å². The van der Waals surface area contributed by atoms with E-state index in [9.17, 15) is 13.2 Å². The first-order valence-corrected chi connectivity index (χ1v) is 8.58. The number of anilines is 2. The highest BCUT2D eigenvalue weighted by Gasteiger charge is 2.32. The molecule has 0 bridgehead atoms. The number of benzene rings is 1. The summed E-state index contributed by atoms with van der Waals surface area (Å²) in [6.45, 7) is 3.62. The van der Waals surface area contributed by atoms with Gasteiger partial charge in [-0.1, -0.05) is 12.1 Å². The highest BCUT2D eigenvalue weighted by atomic mass is 19.4. The van der Waals surface area contributed by atoms with E-state index < -0.39 is 6.36 Å². The van der Waals surface area contributed by atoms with Crippen LogP contribution in [0.25, 0.3) is 22.4 Å². The number of halogens is 3. The number of nitrogens with zero attached hydrogens (tertiary/aromatic N) is 4. The van der Waals surface area contributed by atoms with Gasteiger partial charge in [0.05, 0.1) is 11.1 Å². The molecule has 29 heavy (non-hydrogen) atoms. The molecule has 10 heteroatoms. The van der Waals surface area contributed by atoms with Crippen molar-refractivity contribution in [3.05, 3.63) is 54.1 Å². The summed E-state index contributed by atoms with van der Waals surface area (Å²) in [4.78, 5) is 20.3. The van der Waals surface area contributed by atoms with Gasteiger partial charge in [0.1, 0.15) is 28.7 Å². The average Bonchev–Trinajstić information content (AvgIpc) is 3.05. The maximum Gasteiger partial charge on any atom is 0.573 e. The maximum atomic E-state index is 12.7. The van der Waals surface area contributed by atoms with Crippen molar-refractivity contribution in [3.8, 4) is 17.1 Å². The van der Waals surface area contributed by atoms with Crippen LogP contribution in [0.3, 0.4) is 0 Å². The van der Waals surface area contributed by atoms with E-state index in [1.165, 1.54) is 18.2 Å². The number of para-hydroxylation sites is 1. The standard InChI is InChI=1S/C19H15F3N6O/c1-10-9-15(25-11(2)24-10)27-18-16-13(7-8-23-18)26-17(28-16)12-5-3-4-6-14(12)29-19(20,21)22/h3-9H,1-2H3,(H,26,28)(H,23,24,25,27). The Balaban J connectivity index is 1.76. The van der Waals surface area contributed by atoms with Gasteiger partial charge in [0.25, 0.3) is 0 Å². The van der Waals surface area contributed by atoms with Gasteiger partial charge < -0.3 is 15.0 Å². The van der Waals surface area contributed by atoms with Crippen LogP contribution in [0.2, 0.25) is 0 Å². The molecule has 0 saturated carbocycles. The summed E-state index contributed by atoms with van der Waals surface area (Å²) < 4.78 is 42.3. The Morgan fingerprint density at radius 3 is 2.59 bits per heavy atom. The minimum absolute atomic E-state index is 0.181. The first-order valence-electron chi connectivity index (χ1n) is 8.58. The Labute approximate surface area is 163 Å². The molecule has 0 aliphatic carbocycles. The minimum atomic E-state index is -4.81. The van der Waals surface area contributed by atoms with E-state index in [2.05, 4.69) is 35.0 Å². The molecule has 4 aromatic rings. The van der Waals surface area contributed by atoms with Gasteiger partial charge in [0.2, 0.25) is 0 Å². The van der Waals surface area contributed by atoms with E-state index >= 15 is 0 Å². The van der Waals surface area contributed by atoms with Crippen molar-refractivity contribution in [2.24, 2.45) is 0 Å². The molecule has 0 fully saturated rings. The quantitative estimate of drug-likeness (QED) is 0.517. The van der Waals surface area contributed by atoms with E-state index in [4.69, 9.17) is 0 Å². The lowest BCUT2D eigenvalue weighted by molar-refractivity contribution is -0.274. The molecule has 0 spiro atoms. The summed E-state index contributed by atoms with van der Waals surface area (Å²) in [5.74, 6) is 1.47. The van der Waals surface area contributed by atoms with Crippen molar-refractivity contribution in [1.82, 2.24) is 24.9 Å². The predicted molar refractivity (Wildman–Crippen MR) is 101 cm³/mol. The fraction of sp³-hybridized carbons (Fsp3) is 0.158. The number of fused-ring (bicyclic) bond motifs is 1. The molecule has 3 aromatic heterocycles. The number of H-pyrrole nitrogens is 1. The van der Waals surface area contributed by atoms with Crippen molar-refractivity contribution in [2.75, 3.05) is 5.32 Å². The number of hydrogen-bond acceptors (Lipinski definition) is 6. The number of ether oxygens (including phenoxy) is 1. The molecule has 3 heterocycles. The Kier molecular flexibility index (Phi) is 4.53. The number of pyridine rings is 1. The Hall–Kier alpha value is -3.69. The number of aromatic amines is 1. The lowest BCUT2D eigenvalue weighted by Gasteiger charge is -2.11. The zero-order chi connectivity index (χ0) is 20.6. The van der Waals surface area contributed by atoms with Crippen LogP contribution in [0, 0.1) is 13.8 Å². The van der Waals surface area contributed by atoms with Gasteiger partial charge in [-0.25, -0.2) is 19.9 Å². The van der Waals surface area contributed by atoms with Crippen molar-refractivity contribution in [3.63, 3.8) is 0 Å². The Morgan fingerprint density at radius 1 is 1.03 bits per heavy atom. The van der Waals surface area contributed by atoms with Gasteiger partial charge in [-0.05, 0) is 32.0 Å². The lowest BCUT2D eigenvalue weighted by atomic mass is 10.2. The van der Waals surface area contributed by atoms with Crippen LogP contribution in [0.5, 0.6) is 5.75 Å². The van der Waals surface area contributed by atoms with Gasteiger partial charge in [0.15, 0.2) is 5.82 Å². The van der Waals surface area contributed by atoms with Crippen molar-refractivity contribution in [1.29, 1.82) is 0 Å². The van der Waals surface area contributed by atoms with E-state index in [0.717, 1.165) is 5.69 Å². The zero-order valence-electron chi connectivity index (χ0n) is 15.4. The molecule has 0 radical (unpaired) electrons. The molecule has 0 saturated heterocycles. The molecule has 0 amide bonds. The second kappa shape index (κ2) is 7.04. The summed E-state index contributed by atoms with van der Waals surface area (Å²) in [6.07, 6.45) is -3.26. The molecule has 0 unspecified atom stereocenters. The number of alkyl halides is 3. The van der Waals surface area contributed by atoms with E-state index in [1.54, 1.807) is 31.3 Å². The number of nitrogens with one attached hydrogen (secondary N) is 2. The monoisotopic (exact) mass is 400 g/mol. The smallest absolute Gasteiger partial charge is 0.405 e. The molecular weight excluding hydrogens is 385 g/mol. The first-order chi connectivity index (χ1) is 13.8. The summed E-state index contributed by atoms with van der Waals surface area (Å²) in [5.41, 5.74) is 2.02. The first kappa shape index (κ1) is 18.7. The third kappa shape index (κ3) is 4.10. The molecular formula is C19H15F3N6O. The topological polar surface area (TPSA) is 88.6 Å². The number of rotatable bonds is 4. The van der Waals surface area contributed by atoms with Gasteiger partial charge in [-0.15, -0.1) is 13.2 Å². The molecule has 148 valence electrons. The number of aromatic nitrogens is 5. The predicted octanol–water partition coefficient (Wildman–Crippen LogP) is 4.67. The Bertz CT molecular complexity index is 1170. The van der Waals surface area contributed by atoms with Gasteiger partial charge in [0, 0.05) is 18.0 Å². The molecule has 7 nitrogen and oxygen atoms in total. The van der Waals surface area contributed by atoms with Gasteiger partial charge in [-0.3, -0.25) is 0 Å². The van der Waals surface area contributed by atoms with Crippen LogP contribution in [0.15, 0.2) is 42.6 Å². The summed E-state index contributed by atoms with van der Waals surface area (Å²) in [7, 11) is 0. The van der Waals surface area contributed by atoms with Crippen LogP contribution in [-0.2, 0) is 0 Å². The molecule has 0 atom stereocenters. The third-order valence-electron chi connectivity index (χ3n) is 3.98.